The van der Waals surface area contributed by atoms with Gasteiger partial charge in [-0.2, -0.15) is 9.97 Å². The summed E-state index contributed by atoms with van der Waals surface area (Å²) in [5.74, 6) is 1.04. The minimum atomic E-state index is -1.16. The number of fused-ring (bicyclic) bond motifs is 1. The Bertz CT molecular complexity index is 1210. The lowest BCUT2D eigenvalue weighted by Crippen LogP contribution is -2.23. The van der Waals surface area contributed by atoms with Crippen LogP contribution in [0.2, 0.25) is 36.0 Å². The van der Waals surface area contributed by atoms with E-state index in [1.807, 2.05) is 16.2 Å². The number of ether oxygens (including phenoxy) is 3. The summed E-state index contributed by atoms with van der Waals surface area (Å²) in [5, 5.41) is 9.32. The van der Waals surface area contributed by atoms with Crippen molar-refractivity contribution in [2.24, 2.45) is 0 Å². The average Bonchev–Trinajstić information content (AvgIpc) is 3.32. The fourth-order valence-electron chi connectivity index (χ4n) is 4.21. The highest BCUT2D eigenvalue weighted by atomic mass is 35.5. The third-order valence-electron chi connectivity index (χ3n) is 6.37. The van der Waals surface area contributed by atoms with Gasteiger partial charge in [-0.3, -0.25) is 4.68 Å². The van der Waals surface area contributed by atoms with Gasteiger partial charge in [0.15, 0.2) is 5.65 Å². The zero-order valence-electron chi connectivity index (χ0n) is 22.0. The number of aromatic nitrogens is 5. The predicted octanol–water partition coefficient (Wildman–Crippen LogP) is 5.37. The van der Waals surface area contributed by atoms with E-state index in [0.29, 0.717) is 73.0 Å². The maximum atomic E-state index is 6.55. The van der Waals surface area contributed by atoms with E-state index in [0.717, 1.165) is 31.2 Å². The average molecular weight is 571 g/mol. The smallest absolute Gasteiger partial charge is 0.256 e. The van der Waals surface area contributed by atoms with Gasteiger partial charge in [0.1, 0.15) is 18.2 Å². The molecule has 37 heavy (non-hydrogen) atoms. The molecule has 1 aliphatic rings. The molecule has 4 rings (SSSR count). The largest absolute Gasteiger partial charge is 0.475 e. The van der Waals surface area contributed by atoms with Crippen molar-refractivity contribution in [2.75, 3.05) is 44.0 Å². The molecule has 0 saturated carbocycles. The first kappa shape index (κ1) is 28.0. The van der Waals surface area contributed by atoms with E-state index in [-0.39, 0.29) is 11.3 Å². The fraction of sp³-hybridized carbons (Fsp3) is 0.625. The highest BCUT2D eigenvalue weighted by Gasteiger charge is 2.22. The second kappa shape index (κ2) is 12.2. The molecule has 204 valence electrons. The molecule has 1 atom stereocenters. The Hall–Kier alpha value is -2.05. The second-order valence-corrected chi connectivity index (χ2v) is 16.9. The molecular weight excluding hydrogens is 533 g/mol. The minimum absolute atomic E-state index is 0.143. The molecular formula is C24H37Cl2N7O3Si. The molecule has 1 aliphatic heterocycles. The first-order chi connectivity index (χ1) is 17.6. The van der Waals surface area contributed by atoms with Gasteiger partial charge in [0.2, 0.25) is 5.28 Å². The Balaban J connectivity index is 1.33. The van der Waals surface area contributed by atoms with Crippen LogP contribution in [0.15, 0.2) is 6.20 Å². The molecule has 0 aromatic carbocycles. The van der Waals surface area contributed by atoms with Crippen molar-refractivity contribution < 1.29 is 14.2 Å². The van der Waals surface area contributed by atoms with Crippen molar-refractivity contribution in [2.45, 2.75) is 64.6 Å². The van der Waals surface area contributed by atoms with Crippen LogP contribution in [0, 0.1) is 6.92 Å². The van der Waals surface area contributed by atoms with Crippen LogP contribution >= 0.6 is 23.2 Å². The van der Waals surface area contributed by atoms with Crippen LogP contribution in [0.4, 0.5) is 11.5 Å². The van der Waals surface area contributed by atoms with E-state index in [1.165, 1.54) is 0 Å². The third-order valence-corrected chi connectivity index (χ3v) is 8.53. The summed E-state index contributed by atoms with van der Waals surface area (Å²) in [4.78, 5) is 8.75. The number of anilines is 2. The molecule has 3 aromatic heterocycles. The molecule has 3 N–H and O–H groups in total. The van der Waals surface area contributed by atoms with Crippen molar-refractivity contribution in [3.63, 3.8) is 0 Å². The highest BCUT2D eigenvalue weighted by molar-refractivity contribution is 6.76. The SMILES string of the molecule is Cc1c(N)c(OCCCNc2nc(Cl)nc3c2c(Cl)cn3COCC[Si](C)(C)C)nn1C1CCCOC1. The van der Waals surface area contributed by atoms with Gasteiger partial charge < -0.3 is 29.8 Å². The van der Waals surface area contributed by atoms with E-state index < -0.39 is 8.07 Å². The summed E-state index contributed by atoms with van der Waals surface area (Å²) in [6, 6.07) is 1.29. The summed E-state index contributed by atoms with van der Waals surface area (Å²) in [7, 11) is -1.16. The van der Waals surface area contributed by atoms with Crippen LogP contribution in [0.5, 0.6) is 5.88 Å². The molecule has 13 heteroatoms. The minimum Gasteiger partial charge on any atom is -0.475 e. The van der Waals surface area contributed by atoms with E-state index in [2.05, 4.69) is 40.0 Å². The number of nitrogens with one attached hydrogen (secondary N) is 1. The maximum Gasteiger partial charge on any atom is 0.256 e. The third kappa shape index (κ3) is 7.08. The Kier molecular flexibility index (Phi) is 9.23. The van der Waals surface area contributed by atoms with Gasteiger partial charge in [0, 0.05) is 34.0 Å². The number of rotatable bonds is 12. The van der Waals surface area contributed by atoms with Gasteiger partial charge in [0.05, 0.1) is 35.4 Å². The van der Waals surface area contributed by atoms with Crippen molar-refractivity contribution in [1.29, 1.82) is 0 Å². The quantitative estimate of drug-likeness (QED) is 0.170. The molecule has 0 bridgehead atoms. The molecule has 4 heterocycles. The van der Waals surface area contributed by atoms with Gasteiger partial charge in [0.25, 0.3) is 5.88 Å². The molecule has 1 fully saturated rings. The number of halogens is 2. The van der Waals surface area contributed by atoms with E-state index in [4.69, 9.17) is 43.1 Å². The standard InChI is InChI=1S/C24H37Cl2N7O3Si/c1-16-20(27)23(31-33(16)17-7-5-9-34-14-17)36-10-6-8-28-21-19-18(25)13-32(22(19)30-24(26)29-21)15-35-11-12-37(2,3)4/h13,17H,5-12,14-15,27H2,1-4H3,(H,28,29,30). The molecule has 0 aliphatic carbocycles. The number of nitrogen functional groups attached to an aromatic ring is 1. The van der Waals surface area contributed by atoms with Crippen molar-refractivity contribution in [3.05, 3.63) is 22.2 Å². The van der Waals surface area contributed by atoms with E-state index in [9.17, 15) is 0 Å². The topological polar surface area (TPSA) is 114 Å². The van der Waals surface area contributed by atoms with Crippen LogP contribution in [0.3, 0.4) is 0 Å². The van der Waals surface area contributed by atoms with Crippen LogP contribution < -0.4 is 15.8 Å². The molecule has 1 unspecified atom stereocenters. The molecule has 3 aromatic rings. The normalized spacial score (nSPS) is 16.4. The van der Waals surface area contributed by atoms with Gasteiger partial charge in [-0.05, 0) is 43.8 Å². The first-order valence-electron chi connectivity index (χ1n) is 12.7. The zero-order chi connectivity index (χ0) is 26.6. The predicted molar refractivity (Wildman–Crippen MR) is 151 cm³/mol. The van der Waals surface area contributed by atoms with Crippen LogP contribution in [0.25, 0.3) is 11.0 Å². The number of nitrogens with two attached hydrogens (primary N) is 1. The zero-order valence-corrected chi connectivity index (χ0v) is 24.5. The van der Waals surface area contributed by atoms with E-state index in [1.54, 1.807) is 6.20 Å². The number of nitrogens with zero attached hydrogens (tertiary/aromatic N) is 5. The van der Waals surface area contributed by atoms with Gasteiger partial charge >= 0.3 is 0 Å². The Morgan fingerprint density at radius 3 is 2.78 bits per heavy atom. The highest BCUT2D eigenvalue weighted by Crippen LogP contribution is 2.32. The summed E-state index contributed by atoms with van der Waals surface area (Å²) in [5.41, 5.74) is 8.37. The summed E-state index contributed by atoms with van der Waals surface area (Å²) in [6.45, 7) is 12.5. The Labute approximate surface area is 228 Å². The molecule has 1 saturated heterocycles. The van der Waals surface area contributed by atoms with Crippen LogP contribution in [0.1, 0.15) is 31.0 Å². The molecule has 0 radical (unpaired) electrons. The maximum absolute atomic E-state index is 6.55. The fourth-order valence-corrected chi connectivity index (χ4v) is 5.42. The van der Waals surface area contributed by atoms with E-state index >= 15 is 0 Å². The van der Waals surface area contributed by atoms with Crippen molar-refractivity contribution >= 4 is 53.8 Å². The van der Waals surface area contributed by atoms with Crippen LogP contribution in [-0.4, -0.2) is 65.4 Å². The lowest BCUT2D eigenvalue weighted by molar-refractivity contribution is 0.0537. The summed E-state index contributed by atoms with van der Waals surface area (Å²) >= 11 is 12.8. The molecule has 10 nitrogen and oxygen atoms in total. The van der Waals surface area contributed by atoms with Gasteiger partial charge in [-0.15, -0.1) is 5.10 Å². The van der Waals surface area contributed by atoms with Crippen molar-refractivity contribution in [1.82, 2.24) is 24.3 Å². The summed E-state index contributed by atoms with van der Waals surface area (Å²) in [6.07, 6.45) is 4.54. The van der Waals surface area contributed by atoms with Gasteiger partial charge in [-0.1, -0.05) is 31.2 Å². The lowest BCUT2D eigenvalue weighted by Gasteiger charge is -2.23. The van der Waals surface area contributed by atoms with Crippen molar-refractivity contribution in [3.8, 4) is 5.88 Å². The monoisotopic (exact) mass is 569 g/mol. The van der Waals surface area contributed by atoms with Gasteiger partial charge in [-0.25, -0.2) is 0 Å². The van der Waals surface area contributed by atoms with Crippen LogP contribution in [-0.2, 0) is 16.2 Å². The Morgan fingerprint density at radius 1 is 1.24 bits per heavy atom. The summed E-state index contributed by atoms with van der Waals surface area (Å²) < 4.78 is 21.2. The number of hydrogen-bond acceptors (Lipinski definition) is 8. The lowest BCUT2D eigenvalue weighted by atomic mass is 10.1. The molecule has 0 amide bonds. The second-order valence-electron chi connectivity index (χ2n) is 10.6. The Morgan fingerprint density at radius 2 is 2.05 bits per heavy atom. The molecule has 0 spiro atoms. The first-order valence-corrected chi connectivity index (χ1v) is 17.2. The number of hydrogen-bond donors (Lipinski definition) is 2.